The average Bonchev–Trinajstić information content (AvgIpc) is 3.10. The molecule has 4 nitrogen and oxygen atoms in total. The number of rotatable bonds is 3. The van der Waals surface area contributed by atoms with Crippen LogP contribution in [0.4, 0.5) is 18.9 Å². The summed E-state index contributed by atoms with van der Waals surface area (Å²) in [7, 11) is 1.86. The first kappa shape index (κ1) is 17.9. The van der Waals surface area contributed by atoms with E-state index in [9.17, 15) is 13.2 Å². The summed E-state index contributed by atoms with van der Waals surface area (Å²) in [6.45, 7) is 0. The highest BCUT2D eigenvalue weighted by Crippen LogP contribution is 2.33. The number of aryl methyl sites for hydroxylation is 1. The van der Waals surface area contributed by atoms with Gasteiger partial charge >= 0.3 is 6.18 Å². The number of benzene rings is 2. The minimum Gasteiger partial charge on any atom is -0.294 e. The smallest absolute Gasteiger partial charge is 0.294 e. The number of halogens is 3. The Labute approximate surface area is 160 Å². The standard InChI is InChI=1S/C21H17F3N4/c1-27-20(15-7-3-2-4-8-15)18(14-25-27)19-11-6-12-28(26-19)17-10-5-9-16(13-17)21(22,23)24/h2-14,26H,1H3. The van der Waals surface area contributed by atoms with Crippen molar-refractivity contribution in [3.8, 4) is 11.3 Å². The van der Waals surface area contributed by atoms with E-state index in [1.165, 1.54) is 6.07 Å². The monoisotopic (exact) mass is 382 g/mol. The Morgan fingerprint density at radius 1 is 1.00 bits per heavy atom. The molecule has 1 aliphatic rings. The van der Waals surface area contributed by atoms with Gasteiger partial charge in [0.05, 0.1) is 28.8 Å². The van der Waals surface area contributed by atoms with E-state index in [2.05, 4.69) is 10.5 Å². The molecule has 2 heterocycles. The van der Waals surface area contributed by atoms with Crippen LogP contribution < -0.4 is 10.4 Å². The molecule has 2 aromatic carbocycles. The van der Waals surface area contributed by atoms with E-state index >= 15 is 0 Å². The predicted octanol–water partition coefficient (Wildman–Crippen LogP) is 4.99. The Kier molecular flexibility index (Phi) is 4.43. The molecule has 1 N–H and O–H groups in total. The lowest BCUT2D eigenvalue weighted by Gasteiger charge is -2.27. The summed E-state index contributed by atoms with van der Waals surface area (Å²) < 4.78 is 40.9. The lowest BCUT2D eigenvalue weighted by Crippen LogP contribution is -2.34. The summed E-state index contributed by atoms with van der Waals surface area (Å²) in [4.78, 5) is 0. The van der Waals surface area contributed by atoms with Crippen LogP contribution in [-0.4, -0.2) is 9.78 Å². The molecule has 1 aliphatic heterocycles. The quantitative estimate of drug-likeness (QED) is 0.693. The van der Waals surface area contributed by atoms with Crippen LogP contribution in [0.3, 0.4) is 0 Å². The van der Waals surface area contributed by atoms with Crippen LogP contribution in [0.1, 0.15) is 11.1 Å². The van der Waals surface area contributed by atoms with E-state index in [0.29, 0.717) is 5.69 Å². The second-order valence-corrected chi connectivity index (χ2v) is 6.35. The first-order chi connectivity index (χ1) is 13.4. The molecule has 0 fully saturated rings. The molecule has 0 radical (unpaired) electrons. The number of hydrazine groups is 1. The summed E-state index contributed by atoms with van der Waals surface area (Å²) in [6, 6.07) is 15.0. The maximum Gasteiger partial charge on any atom is 0.416 e. The molecule has 7 heteroatoms. The SMILES string of the molecule is Cn1ncc(C2=CC=CN(c3cccc(C(F)(F)F)c3)N2)c1-c1ccccc1. The Hall–Kier alpha value is -3.48. The van der Waals surface area contributed by atoms with Gasteiger partial charge in [-0.3, -0.25) is 15.1 Å². The molecule has 4 rings (SSSR count). The van der Waals surface area contributed by atoms with E-state index < -0.39 is 11.7 Å². The van der Waals surface area contributed by atoms with Gasteiger partial charge in [-0.15, -0.1) is 0 Å². The van der Waals surface area contributed by atoms with Crippen molar-refractivity contribution in [2.75, 3.05) is 5.01 Å². The number of anilines is 1. The maximum absolute atomic E-state index is 13.0. The fourth-order valence-electron chi connectivity index (χ4n) is 3.14. The molecule has 0 saturated heterocycles. The highest BCUT2D eigenvalue weighted by molar-refractivity contribution is 5.80. The summed E-state index contributed by atoms with van der Waals surface area (Å²) >= 11 is 0. The number of nitrogens with zero attached hydrogens (tertiary/aromatic N) is 3. The second kappa shape index (κ2) is 6.92. The largest absolute Gasteiger partial charge is 0.416 e. The molecule has 0 aliphatic carbocycles. The average molecular weight is 382 g/mol. The van der Waals surface area contributed by atoms with Gasteiger partial charge in [-0.25, -0.2) is 0 Å². The van der Waals surface area contributed by atoms with Crippen molar-refractivity contribution < 1.29 is 13.2 Å². The number of allylic oxidation sites excluding steroid dienone is 2. The molecule has 0 spiro atoms. The fourth-order valence-corrected chi connectivity index (χ4v) is 3.14. The fraction of sp³-hybridized carbons (Fsp3) is 0.0952. The summed E-state index contributed by atoms with van der Waals surface area (Å²) in [6.07, 6.45) is 2.68. The van der Waals surface area contributed by atoms with Crippen LogP contribution in [0.15, 0.2) is 79.1 Å². The van der Waals surface area contributed by atoms with Crippen LogP contribution in [0.25, 0.3) is 17.0 Å². The van der Waals surface area contributed by atoms with Crippen molar-refractivity contribution in [1.82, 2.24) is 15.2 Å². The molecule has 3 aromatic rings. The zero-order valence-corrected chi connectivity index (χ0v) is 15.0. The molecule has 0 atom stereocenters. The van der Waals surface area contributed by atoms with E-state index in [1.54, 1.807) is 34.2 Å². The molecule has 0 saturated carbocycles. The number of nitrogens with one attached hydrogen (secondary N) is 1. The van der Waals surface area contributed by atoms with Crippen LogP contribution in [0.5, 0.6) is 0 Å². The van der Waals surface area contributed by atoms with E-state index in [4.69, 9.17) is 0 Å². The van der Waals surface area contributed by atoms with Crippen molar-refractivity contribution in [3.63, 3.8) is 0 Å². The van der Waals surface area contributed by atoms with Crippen LogP contribution in [-0.2, 0) is 13.2 Å². The zero-order valence-electron chi connectivity index (χ0n) is 15.0. The van der Waals surface area contributed by atoms with E-state index in [0.717, 1.165) is 34.7 Å². The molecule has 142 valence electrons. The summed E-state index contributed by atoms with van der Waals surface area (Å²) in [5, 5.41) is 5.92. The third kappa shape index (κ3) is 3.38. The second-order valence-electron chi connectivity index (χ2n) is 6.35. The number of alkyl halides is 3. The van der Waals surface area contributed by atoms with Gasteiger partial charge in [0.2, 0.25) is 0 Å². The minimum absolute atomic E-state index is 0.391. The Bertz CT molecular complexity index is 1050. The van der Waals surface area contributed by atoms with Gasteiger partial charge in [0.1, 0.15) is 0 Å². The lowest BCUT2D eigenvalue weighted by molar-refractivity contribution is -0.137. The van der Waals surface area contributed by atoms with Gasteiger partial charge in [0, 0.05) is 24.4 Å². The van der Waals surface area contributed by atoms with E-state index in [1.807, 2.05) is 43.5 Å². The molecule has 28 heavy (non-hydrogen) atoms. The normalized spacial score (nSPS) is 14.0. The zero-order chi connectivity index (χ0) is 19.7. The highest BCUT2D eigenvalue weighted by atomic mass is 19.4. The van der Waals surface area contributed by atoms with Crippen molar-refractivity contribution >= 4 is 11.4 Å². The number of hydrogen-bond donors (Lipinski definition) is 1. The molecule has 1 aromatic heterocycles. The van der Waals surface area contributed by atoms with Crippen molar-refractivity contribution in [2.24, 2.45) is 7.05 Å². The Balaban J connectivity index is 1.67. The van der Waals surface area contributed by atoms with Crippen LogP contribution in [0.2, 0.25) is 0 Å². The van der Waals surface area contributed by atoms with Crippen LogP contribution >= 0.6 is 0 Å². The third-order valence-corrected chi connectivity index (χ3v) is 4.47. The Morgan fingerprint density at radius 2 is 1.79 bits per heavy atom. The van der Waals surface area contributed by atoms with Gasteiger partial charge in [-0.2, -0.15) is 18.3 Å². The topological polar surface area (TPSA) is 33.1 Å². The molecule has 0 amide bonds. The lowest BCUT2D eigenvalue weighted by atomic mass is 10.1. The van der Waals surface area contributed by atoms with Crippen molar-refractivity contribution in [2.45, 2.75) is 6.18 Å². The maximum atomic E-state index is 13.0. The van der Waals surface area contributed by atoms with Gasteiger partial charge in [-0.1, -0.05) is 36.4 Å². The van der Waals surface area contributed by atoms with Crippen molar-refractivity contribution in [3.05, 3.63) is 90.3 Å². The minimum atomic E-state index is -4.39. The number of hydrogen-bond acceptors (Lipinski definition) is 3. The van der Waals surface area contributed by atoms with Crippen LogP contribution in [0, 0.1) is 0 Å². The molecular formula is C21H17F3N4. The van der Waals surface area contributed by atoms with Gasteiger partial charge < -0.3 is 0 Å². The van der Waals surface area contributed by atoms with E-state index in [-0.39, 0.29) is 0 Å². The van der Waals surface area contributed by atoms with Crippen molar-refractivity contribution in [1.29, 1.82) is 0 Å². The molecule has 0 bridgehead atoms. The van der Waals surface area contributed by atoms with Gasteiger partial charge in [0.15, 0.2) is 0 Å². The predicted molar refractivity (Wildman–Crippen MR) is 103 cm³/mol. The first-order valence-corrected chi connectivity index (χ1v) is 8.63. The first-order valence-electron chi connectivity index (χ1n) is 8.63. The molecule has 0 unspecified atom stereocenters. The van der Waals surface area contributed by atoms with Gasteiger partial charge in [0.25, 0.3) is 0 Å². The summed E-state index contributed by atoms with van der Waals surface area (Å²) in [5.74, 6) is 0. The Morgan fingerprint density at radius 3 is 2.54 bits per heavy atom. The van der Waals surface area contributed by atoms with Gasteiger partial charge in [-0.05, 0) is 30.4 Å². The third-order valence-electron chi connectivity index (χ3n) is 4.47. The highest BCUT2D eigenvalue weighted by Gasteiger charge is 2.31. The molecular weight excluding hydrogens is 365 g/mol. The number of aromatic nitrogens is 2. The summed E-state index contributed by atoms with van der Waals surface area (Å²) in [5.41, 5.74) is 6.39.